The fourth-order valence-corrected chi connectivity index (χ4v) is 7.34. The molecule has 1 N–H and O–H groups in total. The Morgan fingerprint density at radius 2 is 1.85 bits per heavy atom. The van der Waals surface area contributed by atoms with Crippen molar-refractivity contribution in [2.75, 3.05) is 4.72 Å². The van der Waals surface area contributed by atoms with E-state index in [9.17, 15) is 13.2 Å². The van der Waals surface area contributed by atoms with E-state index >= 15 is 0 Å². The second-order valence-electron chi connectivity index (χ2n) is 10.9. The fraction of sp³-hybridized carbons (Fsp3) is 0.300. The highest BCUT2D eigenvalue weighted by Crippen LogP contribution is 2.37. The largest absolute Gasteiger partial charge is 0.327 e. The molecule has 0 saturated heterocycles. The summed E-state index contributed by atoms with van der Waals surface area (Å²) in [4.78, 5) is 18.7. The van der Waals surface area contributed by atoms with Crippen LogP contribution >= 0.6 is 11.3 Å². The maximum atomic E-state index is 13.6. The molecule has 0 bridgehead atoms. The minimum absolute atomic E-state index is 0.0851. The van der Waals surface area contributed by atoms with E-state index in [4.69, 9.17) is 5.26 Å². The number of rotatable bonds is 9. The number of thiophene rings is 1. The van der Waals surface area contributed by atoms with Crippen molar-refractivity contribution in [3.05, 3.63) is 88.8 Å². The van der Waals surface area contributed by atoms with E-state index in [-0.39, 0.29) is 22.0 Å². The third-order valence-corrected chi connectivity index (χ3v) is 9.14. The van der Waals surface area contributed by atoms with Crippen LogP contribution in [0.25, 0.3) is 11.1 Å². The lowest BCUT2D eigenvalue weighted by Crippen LogP contribution is -2.21. The van der Waals surface area contributed by atoms with Gasteiger partial charge in [0.1, 0.15) is 10.0 Å². The number of Topliss-reactive ketones (excluding diaryl/α,β-unsaturated/α-hetero) is 1. The minimum atomic E-state index is -3.93. The number of hydrogen-bond donors (Lipinski definition) is 1. The highest BCUT2D eigenvalue weighted by atomic mass is 32.2. The first-order valence-electron chi connectivity index (χ1n) is 12.7. The molecule has 4 aromatic rings. The number of aromatic nitrogens is 2. The van der Waals surface area contributed by atoms with Gasteiger partial charge in [-0.15, -0.1) is 11.3 Å². The van der Waals surface area contributed by atoms with Crippen LogP contribution in [0.5, 0.6) is 0 Å². The van der Waals surface area contributed by atoms with E-state index in [1.54, 1.807) is 54.9 Å². The van der Waals surface area contributed by atoms with Gasteiger partial charge < -0.3 is 4.57 Å². The van der Waals surface area contributed by atoms with Crippen molar-refractivity contribution in [3.8, 4) is 17.2 Å². The van der Waals surface area contributed by atoms with Crippen LogP contribution in [-0.4, -0.2) is 23.8 Å². The Morgan fingerprint density at radius 1 is 1.13 bits per heavy atom. The maximum Gasteiger partial charge on any atom is 0.272 e. The van der Waals surface area contributed by atoms with Crippen LogP contribution in [-0.2, 0) is 28.4 Å². The summed E-state index contributed by atoms with van der Waals surface area (Å²) >= 11 is 1.24. The van der Waals surface area contributed by atoms with Crippen LogP contribution in [0.1, 0.15) is 61.2 Å². The number of anilines is 1. The highest BCUT2D eigenvalue weighted by molar-refractivity contribution is 7.94. The Kier molecular flexibility index (Phi) is 8.09. The summed E-state index contributed by atoms with van der Waals surface area (Å²) in [5.74, 6) is 1.09. The third-order valence-electron chi connectivity index (χ3n) is 6.06. The van der Waals surface area contributed by atoms with Gasteiger partial charge in [-0.1, -0.05) is 52.8 Å². The average Bonchev–Trinajstić information content (AvgIpc) is 3.52. The van der Waals surface area contributed by atoms with Gasteiger partial charge in [-0.25, -0.2) is 13.4 Å². The average molecular weight is 561 g/mol. The molecular formula is C30H32N4O3S2. The quantitative estimate of drug-likeness (QED) is 0.230. The number of ketones is 1. The second kappa shape index (κ2) is 11.2. The Morgan fingerprint density at radius 3 is 2.49 bits per heavy atom. The van der Waals surface area contributed by atoms with Crippen LogP contribution in [0, 0.1) is 17.2 Å². The van der Waals surface area contributed by atoms with E-state index in [1.165, 1.54) is 11.3 Å². The van der Waals surface area contributed by atoms with Crippen molar-refractivity contribution in [1.29, 1.82) is 5.26 Å². The topological polar surface area (TPSA) is 105 Å². The number of carbonyl (C=O) groups excluding carboxylic acids is 1. The van der Waals surface area contributed by atoms with Gasteiger partial charge in [-0.3, -0.25) is 9.52 Å². The molecule has 7 nitrogen and oxygen atoms in total. The van der Waals surface area contributed by atoms with Crippen LogP contribution in [0.2, 0.25) is 0 Å². The van der Waals surface area contributed by atoms with Crippen molar-refractivity contribution in [2.24, 2.45) is 5.92 Å². The first kappa shape index (κ1) is 28.3. The molecule has 9 heteroatoms. The van der Waals surface area contributed by atoms with Gasteiger partial charge >= 0.3 is 0 Å². The Hall–Kier alpha value is -3.74. The van der Waals surface area contributed by atoms with Gasteiger partial charge in [-0.2, -0.15) is 5.26 Å². The standard InChI is InChI=1S/C30H32N4O3S2/c1-20(2)15-25-17-26(28(38-25)39(36,37)33-24-11-9-21(18-31)10-12-24)22-7-6-8-23(16-22)27(35)19-34-14-13-32-29(34)30(3,4)5/h6-14,16-17,20,33H,15,19H2,1-5H3. The van der Waals surface area contributed by atoms with E-state index in [0.29, 0.717) is 33.9 Å². The van der Waals surface area contributed by atoms with E-state index in [0.717, 1.165) is 17.1 Å². The number of imidazole rings is 1. The number of sulfonamides is 1. The van der Waals surface area contributed by atoms with E-state index in [2.05, 4.69) is 44.3 Å². The summed E-state index contributed by atoms with van der Waals surface area (Å²) in [7, 11) is -3.93. The summed E-state index contributed by atoms with van der Waals surface area (Å²) in [6, 6.07) is 17.3. The molecule has 0 aliphatic carbocycles. The van der Waals surface area contributed by atoms with Crippen molar-refractivity contribution < 1.29 is 13.2 Å². The lowest BCUT2D eigenvalue weighted by atomic mass is 9.95. The Labute approximate surface area is 234 Å². The maximum absolute atomic E-state index is 13.6. The molecule has 0 fully saturated rings. The molecule has 0 spiro atoms. The summed E-state index contributed by atoms with van der Waals surface area (Å²) in [6.07, 6.45) is 4.24. The molecule has 0 aliphatic heterocycles. The molecule has 0 unspecified atom stereocenters. The Bertz CT molecular complexity index is 1630. The van der Waals surface area contributed by atoms with Crippen LogP contribution < -0.4 is 4.72 Å². The van der Waals surface area contributed by atoms with Crippen LogP contribution in [0.4, 0.5) is 5.69 Å². The fourth-order valence-electron chi connectivity index (χ4n) is 4.33. The predicted molar refractivity (Wildman–Crippen MR) is 156 cm³/mol. The number of nitrogens with zero attached hydrogens (tertiary/aromatic N) is 3. The molecule has 0 aliphatic rings. The molecule has 2 aromatic heterocycles. The van der Waals surface area contributed by atoms with Crippen molar-refractivity contribution >= 4 is 32.8 Å². The number of hydrogen-bond acceptors (Lipinski definition) is 6. The predicted octanol–water partition coefficient (Wildman–Crippen LogP) is 6.66. The zero-order valence-corrected chi connectivity index (χ0v) is 24.4. The SMILES string of the molecule is CC(C)Cc1cc(-c2cccc(C(=O)Cn3ccnc3C(C)(C)C)c2)c(S(=O)(=O)Nc2ccc(C#N)cc2)s1. The second-order valence-corrected chi connectivity index (χ2v) is 14.0. The van der Waals surface area contributed by atoms with Gasteiger partial charge in [0.2, 0.25) is 0 Å². The minimum Gasteiger partial charge on any atom is -0.327 e. The summed E-state index contributed by atoms with van der Waals surface area (Å²) in [5, 5.41) is 9.04. The first-order valence-corrected chi connectivity index (χ1v) is 15.0. The molecule has 0 radical (unpaired) electrons. The van der Waals surface area contributed by atoms with Gasteiger partial charge in [0.05, 0.1) is 18.2 Å². The van der Waals surface area contributed by atoms with Gasteiger partial charge in [0, 0.05) is 39.5 Å². The van der Waals surface area contributed by atoms with Gasteiger partial charge in [0.15, 0.2) is 5.78 Å². The van der Waals surface area contributed by atoms with E-state index in [1.807, 2.05) is 22.8 Å². The molecule has 0 amide bonds. The lowest BCUT2D eigenvalue weighted by molar-refractivity contribution is 0.0970. The van der Waals surface area contributed by atoms with Crippen molar-refractivity contribution in [3.63, 3.8) is 0 Å². The number of carbonyl (C=O) groups is 1. The van der Waals surface area contributed by atoms with Gasteiger partial charge in [0.25, 0.3) is 10.0 Å². The lowest BCUT2D eigenvalue weighted by Gasteiger charge is -2.19. The summed E-state index contributed by atoms with van der Waals surface area (Å²) in [5.41, 5.74) is 2.33. The molecule has 4 rings (SSSR count). The monoisotopic (exact) mass is 560 g/mol. The molecule has 39 heavy (non-hydrogen) atoms. The smallest absolute Gasteiger partial charge is 0.272 e. The van der Waals surface area contributed by atoms with E-state index < -0.39 is 10.0 Å². The zero-order chi connectivity index (χ0) is 28.4. The molecule has 2 heterocycles. The molecule has 0 atom stereocenters. The summed E-state index contributed by atoms with van der Waals surface area (Å²) < 4.78 is 31.8. The normalized spacial score (nSPS) is 11.9. The number of benzene rings is 2. The summed E-state index contributed by atoms with van der Waals surface area (Å²) in [6.45, 7) is 10.5. The zero-order valence-electron chi connectivity index (χ0n) is 22.7. The van der Waals surface area contributed by atoms with Crippen molar-refractivity contribution in [2.45, 2.75) is 57.2 Å². The van der Waals surface area contributed by atoms with Crippen LogP contribution in [0.15, 0.2) is 71.2 Å². The molecular weight excluding hydrogens is 528 g/mol. The Balaban J connectivity index is 1.70. The van der Waals surface area contributed by atoms with Gasteiger partial charge in [-0.05, 0) is 54.3 Å². The number of nitrogens with one attached hydrogen (secondary N) is 1. The van der Waals surface area contributed by atoms with Crippen LogP contribution in [0.3, 0.4) is 0 Å². The number of nitriles is 1. The molecule has 202 valence electrons. The first-order chi connectivity index (χ1) is 18.4. The highest BCUT2D eigenvalue weighted by Gasteiger charge is 2.25. The van der Waals surface area contributed by atoms with Crippen molar-refractivity contribution in [1.82, 2.24) is 9.55 Å². The third kappa shape index (κ3) is 6.64. The molecule has 0 saturated carbocycles. The molecule has 2 aromatic carbocycles.